The monoisotopic (exact) mass is 313 g/mol. The first-order valence-electron chi connectivity index (χ1n) is 7.00. The number of benzene rings is 2. The van der Waals surface area contributed by atoms with Gasteiger partial charge in [-0.15, -0.1) is 0 Å². The van der Waals surface area contributed by atoms with E-state index in [9.17, 15) is 4.79 Å². The number of carbonyl (C=O) groups is 1. The van der Waals surface area contributed by atoms with Crippen LogP contribution in [0.5, 0.6) is 5.75 Å². The van der Waals surface area contributed by atoms with Crippen LogP contribution in [-0.4, -0.2) is 34.3 Å². The number of anilines is 1. The number of azo groups is 1. The number of rotatable bonds is 5. The van der Waals surface area contributed by atoms with E-state index in [1.54, 1.807) is 18.2 Å². The Bertz CT molecular complexity index is 710. The van der Waals surface area contributed by atoms with Gasteiger partial charge in [0.2, 0.25) is 0 Å². The number of esters is 1. The van der Waals surface area contributed by atoms with Crippen molar-refractivity contribution in [2.45, 2.75) is 0 Å². The molecule has 0 amide bonds. The fourth-order valence-corrected chi connectivity index (χ4v) is 1.96. The molecule has 0 atom stereocenters. The molecule has 6 nitrogen and oxygen atoms in total. The molecule has 0 saturated heterocycles. The Kier molecular flexibility index (Phi) is 5.30. The second-order valence-electron chi connectivity index (χ2n) is 4.99. The van der Waals surface area contributed by atoms with Crippen LogP contribution in [0.4, 0.5) is 17.1 Å². The van der Waals surface area contributed by atoms with Gasteiger partial charge in [0, 0.05) is 19.8 Å². The molecular formula is C17H19N3O3. The first-order chi connectivity index (χ1) is 11.0. The summed E-state index contributed by atoms with van der Waals surface area (Å²) in [6.45, 7) is 0. The van der Waals surface area contributed by atoms with E-state index in [4.69, 9.17) is 9.47 Å². The zero-order valence-corrected chi connectivity index (χ0v) is 13.6. The molecule has 2 aromatic rings. The van der Waals surface area contributed by atoms with Crippen LogP contribution in [0.15, 0.2) is 52.7 Å². The molecule has 0 saturated carbocycles. The number of nitrogens with zero attached hydrogens (tertiary/aromatic N) is 3. The Morgan fingerprint density at radius 1 is 0.957 bits per heavy atom. The van der Waals surface area contributed by atoms with Gasteiger partial charge in [-0.2, -0.15) is 10.2 Å². The molecule has 23 heavy (non-hydrogen) atoms. The van der Waals surface area contributed by atoms with Crippen LogP contribution in [0.1, 0.15) is 10.4 Å². The lowest BCUT2D eigenvalue weighted by molar-refractivity contribution is 0.0597. The molecule has 0 spiro atoms. The van der Waals surface area contributed by atoms with Crippen LogP contribution in [0.25, 0.3) is 0 Å². The van der Waals surface area contributed by atoms with Gasteiger partial charge in [0.25, 0.3) is 0 Å². The molecule has 6 heteroatoms. The minimum Gasteiger partial charge on any atom is -0.496 e. The van der Waals surface area contributed by atoms with E-state index in [0.717, 1.165) is 11.4 Å². The molecule has 120 valence electrons. The Morgan fingerprint density at radius 3 is 2.13 bits per heavy atom. The van der Waals surface area contributed by atoms with Crippen molar-refractivity contribution < 1.29 is 14.3 Å². The minimum atomic E-state index is -0.478. The number of methoxy groups -OCH3 is 2. The van der Waals surface area contributed by atoms with Gasteiger partial charge < -0.3 is 14.4 Å². The topological polar surface area (TPSA) is 63.5 Å². The normalized spacial score (nSPS) is 10.6. The molecule has 0 aromatic heterocycles. The Labute approximate surface area is 135 Å². The van der Waals surface area contributed by atoms with Crippen molar-refractivity contribution in [1.29, 1.82) is 0 Å². The van der Waals surface area contributed by atoms with Crippen LogP contribution in [-0.2, 0) is 4.74 Å². The van der Waals surface area contributed by atoms with E-state index in [0.29, 0.717) is 17.0 Å². The van der Waals surface area contributed by atoms with Crippen LogP contribution < -0.4 is 9.64 Å². The predicted octanol–water partition coefficient (Wildman–Crippen LogP) is 3.96. The molecule has 0 fully saturated rings. The van der Waals surface area contributed by atoms with Crippen molar-refractivity contribution >= 4 is 23.0 Å². The molecular weight excluding hydrogens is 294 g/mol. The molecule has 0 unspecified atom stereocenters. The molecule has 0 radical (unpaired) electrons. The van der Waals surface area contributed by atoms with Gasteiger partial charge >= 0.3 is 5.97 Å². The summed E-state index contributed by atoms with van der Waals surface area (Å²) in [5.41, 5.74) is 2.67. The zero-order valence-electron chi connectivity index (χ0n) is 13.6. The van der Waals surface area contributed by atoms with Gasteiger partial charge in [0.05, 0.1) is 25.6 Å². The molecule has 0 heterocycles. The van der Waals surface area contributed by atoms with Gasteiger partial charge in [0.15, 0.2) is 0 Å². The molecule has 0 aliphatic heterocycles. The maximum atomic E-state index is 11.7. The highest BCUT2D eigenvalue weighted by molar-refractivity contribution is 5.93. The van der Waals surface area contributed by atoms with Gasteiger partial charge in [-0.3, -0.25) is 0 Å². The first-order valence-corrected chi connectivity index (χ1v) is 7.00. The van der Waals surface area contributed by atoms with E-state index in [1.165, 1.54) is 14.2 Å². The lowest BCUT2D eigenvalue weighted by Gasteiger charge is -2.11. The van der Waals surface area contributed by atoms with Crippen LogP contribution in [0.2, 0.25) is 0 Å². The highest BCUT2D eigenvalue weighted by Gasteiger charge is 2.13. The predicted molar refractivity (Wildman–Crippen MR) is 89.3 cm³/mol. The van der Waals surface area contributed by atoms with Crippen molar-refractivity contribution in [2.75, 3.05) is 33.2 Å². The average molecular weight is 313 g/mol. The summed E-state index contributed by atoms with van der Waals surface area (Å²) in [5.74, 6) is -0.0413. The van der Waals surface area contributed by atoms with Crippen molar-refractivity contribution in [1.82, 2.24) is 0 Å². The van der Waals surface area contributed by atoms with Crippen LogP contribution in [0.3, 0.4) is 0 Å². The van der Waals surface area contributed by atoms with Gasteiger partial charge in [-0.1, -0.05) is 0 Å². The first kappa shape index (κ1) is 16.5. The third-order valence-electron chi connectivity index (χ3n) is 3.24. The molecule has 2 rings (SSSR count). The molecule has 0 N–H and O–H groups in total. The average Bonchev–Trinajstić information content (AvgIpc) is 2.59. The number of ether oxygens (including phenoxy) is 2. The lowest BCUT2D eigenvalue weighted by Crippen LogP contribution is -2.07. The van der Waals surface area contributed by atoms with Gasteiger partial charge in [0.1, 0.15) is 11.3 Å². The third-order valence-corrected chi connectivity index (χ3v) is 3.24. The molecule has 0 bridgehead atoms. The van der Waals surface area contributed by atoms with E-state index < -0.39 is 5.97 Å². The van der Waals surface area contributed by atoms with Crippen LogP contribution >= 0.6 is 0 Å². The SMILES string of the molecule is COC(=O)c1cc(N=Nc2ccc(N(C)C)cc2)ccc1OC. The Hall–Kier alpha value is -2.89. The number of hydrogen-bond donors (Lipinski definition) is 0. The highest BCUT2D eigenvalue weighted by atomic mass is 16.5. The molecule has 2 aromatic carbocycles. The maximum Gasteiger partial charge on any atom is 0.341 e. The van der Waals surface area contributed by atoms with Gasteiger partial charge in [-0.25, -0.2) is 4.79 Å². The van der Waals surface area contributed by atoms with E-state index in [1.807, 2.05) is 43.3 Å². The molecule has 0 aliphatic rings. The maximum absolute atomic E-state index is 11.7. The second kappa shape index (κ2) is 7.40. The summed E-state index contributed by atoms with van der Waals surface area (Å²) in [4.78, 5) is 13.7. The summed E-state index contributed by atoms with van der Waals surface area (Å²) in [6.07, 6.45) is 0. The second-order valence-corrected chi connectivity index (χ2v) is 4.99. The fraction of sp³-hybridized carbons (Fsp3) is 0.235. The van der Waals surface area contributed by atoms with Gasteiger partial charge in [-0.05, 0) is 42.5 Å². The summed E-state index contributed by atoms with van der Waals surface area (Å²) >= 11 is 0. The smallest absolute Gasteiger partial charge is 0.341 e. The lowest BCUT2D eigenvalue weighted by atomic mass is 10.2. The summed E-state index contributed by atoms with van der Waals surface area (Å²) < 4.78 is 9.88. The third kappa shape index (κ3) is 4.06. The highest BCUT2D eigenvalue weighted by Crippen LogP contribution is 2.27. The van der Waals surface area contributed by atoms with E-state index in [2.05, 4.69) is 10.2 Å². The fourth-order valence-electron chi connectivity index (χ4n) is 1.96. The zero-order chi connectivity index (χ0) is 16.8. The van der Waals surface area contributed by atoms with Crippen molar-refractivity contribution in [2.24, 2.45) is 10.2 Å². The Morgan fingerprint density at radius 2 is 1.57 bits per heavy atom. The Balaban J connectivity index is 2.23. The van der Waals surface area contributed by atoms with E-state index in [-0.39, 0.29) is 0 Å². The summed E-state index contributed by atoms with van der Waals surface area (Å²) in [5, 5.41) is 8.32. The number of hydrogen-bond acceptors (Lipinski definition) is 6. The summed E-state index contributed by atoms with van der Waals surface area (Å²) in [7, 11) is 6.77. The van der Waals surface area contributed by atoms with E-state index >= 15 is 0 Å². The quantitative estimate of drug-likeness (QED) is 0.619. The van der Waals surface area contributed by atoms with Crippen molar-refractivity contribution in [3.63, 3.8) is 0 Å². The minimum absolute atomic E-state index is 0.314. The number of carbonyl (C=O) groups excluding carboxylic acids is 1. The molecule has 0 aliphatic carbocycles. The van der Waals surface area contributed by atoms with Crippen molar-refractivity contribution in [3.8, 4) is 5.75 Å². The van der Waals surface area contributed by atoms with Crippen molar-refractivity contribution in [3.05, 3.63) is 48.0 Å². The van der Waals surface area contributed by atoms with Crippen LogP contribution in [0, 0.1) is 0 Å². The summed E-state index contributed by atoms with van der Waals surface area (Å²) in [6, 6.07) is 12.7. The largest absolute Gasteiger partial charge is 0.496 e. The standard InChI is InChI=1S/C17H19N3O3/c1-20(2)14-8-5-12(6-9-14)18-19-13-7-10-16(22-3)15(11-13)17(21)23-4/h5-11H,1-4H3.